The maximum absolute atomic E-state index is 6.02. The zero-order valence-electron chi connectivity index (χ0n) is 11.0. The van der Waals surface area contributed by atoms with Gasteiger partial charge in [0.05, 0.1) is 12.2 Å². The topological polar surface area (TPSA) is 44.2 Å². The highest BCUT2D eigenvalue weighted by Crippen LogP contribution is 2.25. The van der Waals surface area contributed by atoms with Gasteiger partial charge in [-0.2, -0.15) is 0 Å². The van der Waals surface area contributed by atoms with Crippen LogP contribution in [0.2, 0.25) is 0 Å². The molecule has 0 aliphatic heterocycles. The van der Waals surface area contributed by atoms with E-state index in [0.717, 1.165) is 0 Å². The largest absolute Gasteiger partial charge is 0.366 e. The summed E-state index contributed by atoms with van der Waals surface area (Å²) in [4.78, 5) is 0. The molecule has 2 atom stereocenters. The standard InChI is InChI=1S/C16H18O.H3N/c1-13(15-9-5-3-6-10-15)17-14(2)16-11-7-4-8-12-16;/h3-14H,1-2H3;1H3. The summed E-state index contributed by atoms with van der Waals surface area (Å²) in [6.45, 7) is 4.18. The SMILES string of the molecule is CC(OC(C)c1ccccc1)c1ccccc1.N. The highest BCUT2D eigenvalue weighted by molar-refractivity contribution is 5.19. The molecule has 0 aromatic heterocycles. The summed E-state index contributed by atoms with van der Waals surface area (Å²) in [5.41, 5.74) is 2.44. The monoisotopic (exact) mass is 243 g/mol. The zero-order chi connectivity index (χ0) is 12.1. The van der Waals surface area contributed by atoms with E-state index >= 15 is 0 Å². The van der Waals surface area contributed by atoms with E-state index in [1.54, 1.807) is 0 Å². The van der Waals surface area contributed by atoms with Crippen LogP contribution in [0.3, 0.4) is 0 Å². The smallest absolute Gasteiger partial charge is 0.0805 e. The second-order valence-corrected chi connectivity index (χ2v) is 4.24. The molecule has 0 fully saturated rings. The molecular weight excluding hydrogens is 222 g/mol. The summed E-state index contributed by atoms with van der Waals surface area (Å²) >= 11 is 0. The molecule has 0 saturated carbocycles. The van der Waals surface area contributed by atoms with Crippen LogP contribution in [0.25, 0.3) is 0 Å². The van der Waals surface area contributed by atoms with Crippen molar-refractivity contribution in [1.29, 1.82) is 0 Å². The first kappa shape index (κ1) is 14.4. The molecule has 2 heteroatoms. The van der Waals surface area contributed by atoms with Crippen molar-refractivity contribution in [3.05, 3.63) is 71.8 Å². The molecule has 2 nitrogen and oxygen atoms in total. The highest BCUT2D eigenvalue weighted by atomic mass is 16.5. The van der Waals surface area contributed by atoms with Crippen LogP contribution in [-0.4, -0.2) is 0 Å². The summed E-state index contributed by atoms with van der Waals surface area (Å²) in [5, 5.41) is 0. The van der Waals surface area contributed by atoms with Crippen molar-refractivity contribution in [2.75, 3.05) is 0 Å². The minimum absolute atomic E-state index is 0. The molecule has 3 N–H and O–H groups in total. The summed E-state index contributed by atoms with van der Waals surface area (Å²) < 4.78 is 6.02. The Morgan fingerprint density at radius 2 is 1.00 bits per heavy atom. The van der Waals surface area contributed by atoms with Crippen LogP contribution in [0.15, 0.2) is 60.7 Å². The Morgan fingerprint density at radius 1 is 0.667 bits per heavy atom. The second kappa shape index (κ2) is 6.94. The van der Waals surface area contributed by atoms with Gasteiger partial charge >= 0.3 is 0 Å². The Labute approximate surface area is 109 Å². The van der Waals surface area contributed by atoms with Gasteiger partial charge in [-0.25, -0.2) is 0 Å². The second-order valence-electron chi connectivity index (χ2n) is 4.24. The van der Waals surface area contributed by atoms with Gasteiger partial charge < -0.3 is 10.9 Å². The molecule has 0 radical (unpaired) electrons. The lowest BCUT2D eigenvalue weighted by molar-refractivity contribution is 0.00586. The summed E-state index contributed by atoms with van der Waals surface area (Å²) in [5.74, 6) is 0. The van der Waals surface area contributed by atoms with Crippen LogP contribution in [0.1, 0.15) is 37.2 Å². The molecule has 0 spiro atoms. The fraction of sp³-hybridized carbons (Fsp3) is 0.250. The van der Waals surface area contributed by atoms with E-state index < -0.39 is 0 Å². The predicted molar refractivity (Wildman–Crippen MR) is 75.8 cm³/mol. The summed E-state index contributed by atoms with van der Waals surface area (Å²) in [6, 6.07) is 20.6. The fourth-order valence-corrected chi connectivity index (χ4v) is 1.91. The number of hydrogen-bond acceptors (Lipinski definition) is 2. The molecule has 2 aromatic rings. The summed E-state index contributed by atoms with van der Waals surface area (Å²) in [7, 11) is 0. The lowest BCUT2D eigenvalue weighted by atomic mass is 10.1. The minimum Gasteiger partial charge on any atom is -0.366 e. The van der Waals surface area contributed by atoms with Gasteiger partial charge in [-0.15, -0.1) is 0 Å². The molecule has 2 aromatic carbocycles. The molecule has 96 valence electrons. The molecule has 0 aliphatic carbocycles. The first-order valence-corrected chi connectivity index (χ1v) is 6.02. The normalized spacial score (nSPS) is 13.4. The van der Waals surface area contributed by atoms with Crippen LogP contribution in [0, 0.1) is 0 Å². The number of benzene rings is 2. The van der Waals surface area contributed by atoms with Crippen LogP contribution >= 0.6 is 0 Å². The molecule has 0 amide bonds. The maximum Gasteiger partial charge on any atom is 0.0805 e. The van der Waals surface area contributed by atoms with Crippen LogP contribution in [-0.2, 0) is 4.74 Å². The Hall–Kier alpha value is -1.64. The molecule has 0 bridgehead atoms. The average molecular weight is 243 g/mol. The third-order valence-corrected chi connectivity index (χ3v) is 2.95. The molecular formula is C16H21NO. The van der Waals surface area contributed by atoms with Crippen molar-refractivity contribution in [3.8, 4) is 0 Å². The van der Waals surface area contributed by atoms with E-state index in [1.807, 2.05) is 36.4 Å². The molecule has 2 rings (SSSR count). The van der Waals surface area contributed by atoms with Gasteiger partial charge in [-0.05, 0) is 25.0 Å². The average Bonchev–Trinajstić information content (AvgIpc) is 2.40. The highest BCUT2D eigenvalue weighted by Gasteiger charge is 2.11. The Kier molecular flexibility index (Phi) is 5.56. The van der Waals surface area contributed by atoms with Crippen LogP contribution in [0.4, 0.5) is 0 Å². The van der Waals surface area contributed by atoms with Crippen molar-refractivity contribution in [2.45, 2.75) is 26.1 Å². The van der Waals surface area contributed by atoms with Crippen molar-refractivity contribution in [2.24, 2.45) is 0 Å². The van der Waals surface area contributed by atoms with E-state index in [0.29, 0.717) is 0 Å². The van der Waals surface area contributed by atoms with Crippen LogP contribution in [0.5, 0.6) is 0 Å². The van der Waals surface area contributed by atoms with E-state index in [-0.39, 0.29) is 18.4 Å². The fourth-order valence-electron chi connectivity index (χ4n) is 1.91. The van der Waals surface area contributed by atoms with Gasteiger partial charge in [0.1, 0.15) is 0 Å². The van der Waals surface area contributed by atoms with Gasteiger partial charge in [0, 0.05) is 0 Å². The third kappa shape index (κ3) is 3.69. The minimum atomic E-state index is 0. The Balaban J connectivity index is 0.00000162. The Morgan fingerprint density at radius 3 is 1.33 bits per heavy atom. The first-order valence-electron chi connectivity index (χ1n) is 6.02. The maximum atomic E-state index is 6.02. The third-order valence-electron chi connectivity index (χ3n) is 2.95. The molecule has 2 unspecified atom stereocenters. The van der Waals surface area contributed by atoms with Crippen LogP contribution < -0.4 is 6.15 Å². The summed E-state index contributed by atoms with van der Waals surface area (Å²) in [6.07, 6.45) is 0.234. The van der Waals surface area contributed by atoms with Gasteiger partial charge in [0.2, 0.25) is 0 Å². The molecule has 0 aliphatic rings. The van der Waals surface area contributed by atoms with Gasteiger partial charge in [0.25, 0.3) is 0 Å². The van der Waals surface area contributed by atoms with Crippen molar-refractivity contribution in [3.63, 3.8) is 0 Å². The van der Waals surface area contributed by atoms with Gasteiger partial charge in [-0.3, -0.25) is 0 Å². The van der Waals surface area contributed by atoms with Gasteiger partial charge in [0.15, 0.2) is 0 Å². The zero-order valence-corrected chi connectivity index (χ0v) is 11.0. The lowest BCUT2D eigenvalue weighted by Gasteiger charge is -2.19. The number of rotatable bonds is 4. The van der Waals surface area contributed by atoms with Gasteiger partial charge in [-0.1, -0.05) is 60.7 Å². The first-order chi connectivity index (χ1) is 8.27. The Bertz CT molecular complexity index is 398. The van der Waals surface area contributed by atoms with E-state index in [9.17, 15) is 0 Å². The lowest BCUT2D eigenvalue weighted by Crippen LogP contribution is -2.04. The van der Waals surface area contributed by atoms with E-state index in [4.69, 9.17) is 4.74 Å². The quantitative estimate of drug-likeness (QED) is 0.846. The van der Waals surface area contributed by atoms with E-state index in [2.05, 4.69) is 38.1 Å². The molecule has 18 heavy (non-hydrogen) atoms. The number of ether oxygens (including phenoxy) is 1. The molecule has 0 saturated heterocycles. The van der Waals surface area contributed by atoms with Crippen molar-refractivity contribution in [1.82, 2.24) is 6.15 Å². The molecule has 0 heterocycles. The van der Waals surface area contributed by atoms with Crippen molar-refractivity contribution >= 4 is 0 Å². The predicted octanol–water partition coefficient (Wildman–Crippen LogP) is 4.69. The van der Waals surface area contributed by atoms with Crippen molar-refractivity contribution < 1.29 is 4.74 Å². The number of hydrogen-bond donors (Lipinski definition) is 1. The van der Waals surface area contributed by atoms with E-state index in [1.165, 1.54) is 11.1 Å².